The van der Waals surface area contributed by atoms with Crippen LogP contribution in [-0.2, 0) is 71.2 Å². The van der Waals surface area contributed by atoms with E-state index in [2.05, 4.69) is 10.6 Å². The van der Waals surface area contributed by atoms with Gasteiger partial charge in [-0.3, -0.25) is 9.59 Å². The zero-order chi connectivity index (χ0) is 61.9. The summed E-state index contributed by atoms with van der Waals surface area (Å²) in [4.78, 5) is 24.7. The number of hydrogen-bond acceptors (Lipinski definition) is 36. The lowest BCUT2D eigenvalue weighted by molar-refractivity contribution is -0.398. The smallest absolute Gasteiger partial charge is 0.217 e. The zero-order valence-electron chi connectivity index (χ0n) is 44.7. The highest BCUT2D eigenvalue weighted by Gasteiger charge is 2.58. The van der Waals surface area contributed by atoms with E-state index in [1.807, 2.05) is 0 Å². The molecule has 7 saturated heterocycles. The van der Waals surface area contributed by atoms with Crippen LogP contribution in [0.1, 0.15) is 13.8 Å². The first-order chi connectivity index (χ1) is 39.7. The molecule has 0 radical (unpaired) electrons. The van der Waals surface area contributed by atoms with Crippen LogP contribution in [-0.4, -0.2) is 380 Å². The van der Waals surface area contributed by atoms with E-state index >= 15 is 0 Å². The fourth-order valence-corrected chi connectivity index (χ4v) is 10.6. The molecule has 0 aromatic carbocycles. The van der Waals surface area contributed by atoms with E-state index in [1.54, 1.807) is 0 Å². The number of amides is 2. The van der Waals surface area contributed by atoms with Gasteiger partial charge in [0.1, 0.15) is 171 Å². The molecule has 2 amide bonds. The molecule has 0 aliphatic carbocycles. The Kier molecular flexibility index (Phi) is 24.6. The second-order valence-corrected chi connectivity index (χ2v) is 21.1. The molecule has 0 aromatic heterocycles. The summed E-state index contributed by atoms with van der Waals surface area (Å²) in [6.07, 6.45) is -65.2. The van der Waals surface area contributed by atoms with Crippen molar-refractivity contribution in [3.63, 3.8) is 0 Å². The SMILES string of the molecule is CC(=O)N[C@@H]1[C@@H](O)[C@H](O[C@@H]2O[C@H](CO)[C@@H](O[C@H]3O[C@H](CO[C@@H]4O[C@H](CO[C@@H]5O[C@H](CO)[C@@H](O)[C@H](O)[C@@H]5O)[C@@H](O)[C@H](O)[C@@H]4O)[C@@H](O)[C@H](O[C@H]4O[C@H](CO)[C@@H](O)[C@H](O)[C@@H]4O[C@@H]4O[C@H](CO)[C@@H](O)[C@H](O)[C@@H]4O)[C@@H]3O)[C@H](O)[C@H]2NC(C)=O)[C@@H](CO)O[C@H]1O. The van der Waals surface area contributed by atoms with Crippen molar-refractivity contribution >= 4 is 11.8 Å². The van der Waals surface area contributed by atoms with Gasteiger partial charge in [0.15, 0.2) is 44.0 Å². The summed E-state index contributed by atoms with van der Waals surface area (Å²) < 4.78 is 74.4. The number of ether oxygens (including phenoxy) is 13. The lowest BCUT2D eigenvalue weighted by Gasteiger charge is -2.50. The average molecular weight is 1240 g/mol. The summed E-state index contributed by atoms with van der Waals surface area (Å²) in [7, 11) is 0. The van der Waals surface area contributed by atoms with E-state index in [-0.39, 0.29) is 0 Å². The van der Waals surface area contributed by atoms with Gasteiger partial charge >= 0.3 is 0 Å². The van der Waals surface area contributed by atoms with Crippen LogP contribution in [0.25, 0.3) is 0 Å². The molecule has 84 heavy (non-hydrogen) atoms. The van der Waals surface area contributed by atoms with Crippen LogP contribution < -0.4 is 10.6 Å². The molecule has 7 aliphatic rings. The van der Waals surface area contributed by atoms with Crippen LogP contribution in [0.5, 0.6) is 0 Å². The molecule has 0 saturated carbocycles. The number of aliphatic hydroxyl groups is 21. The predicted molar refractivity (Wildman–Crippen MR) is 255 cm³/mol. The van der Waals surface area contributed by atoms with Crippen LogP contribution in [0.15, 0.2) is 0 Å². The Hall–Kier alpha value is -2.42. The number of nitrogens with one attached hydrogen (secondary N) is 2. The average Bonchev–Trinajstić information content (AvgIpc) is 2.89. The van der Waals surface area contributed by atoms with Gasteiger partial charge in [0.25, 0.3) is 0 Å². The standard InChI is InChI=1S/C46H78N2O36/c1-10(54)47-19-26(61)36(15(6-52)74-40(19)71)81-41-20(48-11(2)55)27(62)37(16(7-53)78-41)82-45-35(70)38(83-46-39(31(66)23(58)14(5-51)77-46)84-44-34(69)29(64)22(57)13(4-50)76-44)25(60)18(80-45)9-73-43-33(68)30(65)24(59)17(79-43)8-72-42-32(67)28(63)21(56)12(3-49)75-42/h12-46,49-53,56-71H,3-9H2,1-2H3,(H,47,54)(H,48,55)/t12-,13-,14-,15-,16-,17-,18-,19-,20-,21-,22-,23-,24-,25-,26-,27-,28+,29+,30+,31+,32+,33+,34+,35+,36-,37-,38+,39+,40-,41+,42-,43-,44+,45-,46-/m1/s1. The van der Waals surface area contributed by atoms with Crippen LogP contribution in [0.3, 0.4) is 0 Å². The maximum Gasteiger partial charge on any atom is 0.217 e. The van der Waals surface area contributed by atoms with Gasteiger partial charge in [0.05, 0.1) is 46.2 Å². The molecule has 0 unspecified atom stereocenters. The summed E-state index contributed by atoms with van der Waals surface area (Å²) >= 11 is 0. The van der Waals surface area contributed by atoms with Crippen molar-refractivity contribution in [1.82, 2.24) is 10.6 Å². The van der Waals surface area contributed by atoms with E-state index < -0.39 is 273 Å². The lowest BCUT2D eigenvalue weighted by Crippen LogP contribution is -2.70. The number of hydrogen-bond donors (Lipinski definition) is 23. The van der Waals surface area contributed by atoms with Crippen LogP contribution in [0, 0.1) is 0 Å². The van der Waals surface area contributed by atoms with E-state index in [4.69, 9.17) is 61.6 Å². The highest BCUT2D eigenvalue weighted by Crippen LogP contribution is 2.37. The molecular weight excluding hydrogens is 1160 g/mol. The number of rotatable bonds is 21. The highest BCUT2D eigenvalue weighted by molar-refractivity contribution is 5.73. The van der Waals surface area contributed by atoms with Crippen molar-refractivity contribution in [2.45, 2.75) is 229 Å². The summed E-state index contributed by atoms with van der Waals surface area (Å²) in [6, 6.07) is -3.39. The molecule has 0 spiro atoms. The van der Waals surface area contributed by atoms with Crippen LogP contribution >= 0.6 is 0 Å². The normalized spacial score (nSPS) is 50.3. The summed E-state index contributed by atoms with van der Waals surface area (Å²) in [5.41, 5.74) is 0. The Balaban J connectivity index is 1.17. The van der Waals surface area contributed by atoms with E-state index in [0.29, 0.717) is 0 Å². The van der Waals surface area contributed by atoms with Crippen molar-refractivity contribution in [2.75, 3.05) is 46.2 Å². The molecule has 488 valence electrons. The molecule has 35 atom stereocenters. The zero-order valence-corrected chi connectivity index (χ0v) is 44.7. The van der Waals surface area contributed by atoms with Crippen LogP contribution in [0.2, 0.25) is 0 Å². The van der Waals surface area contributed by atoms with Gasteiger partial charge in [-0.2, -0.15) is 0 Å². The first-order valence-corrected chi connectivity index (χ1v) is 26.6. The minimum atomic E-state index is -2.40. The summed E-state index contributed by atoms with van der Waals surface area (Å²) in [5, 5.41) is 231. The monoisotopic (exact) mass is 1230 g/mol. The largest absolute Gasteiger partial charge is 0.394 e. The summed E-state index contributed by atoms with van der Waals surface area (Å²) in [6.45, 7) is -4.73. The Morgan fingerprint density at radius 3 is 1.14 bits per heavy atom. The second kappa shape index (κ2) is 29.9. The minimum absolute atomic E-state index is 0.742. The van der Waals surface area contributed by atoms with Crippen molar-refractivity contribution < 1.29 is 178 Å². The molecule has 38 heteroatoms. The number of carbonyl (C=O) groups is 2. The Morgan fingerprint density at radius 1 is 0.310 bits per heavy atom. The van der Waals surface area contributed by atoms with E-state index in [9.17, 15) is 117 Å². The molecule has 7 fully saturated rings. The van der Waals surface area contributed by atoms with Crippen molar-refractivity contribution in [2.24, 2.45) is 0 Å². The Bertz CT molecular complexity index is 2060. The third-order valence-corrected chi connectivity index (χ3v) is 15.3. The summed E-state index contributed by atoms with van der Waals surface area (Å²) in [5.74, 6) is -1.62. The van der Waals surface area contributed by atoms with E-state index in [0.717, 1.165) is 13.8 Å². The quantitative estimate of drug-likeness (QED) is 0.0507. The van der Waals surface area contributed by atoms with Gasteiger partial charge in [-0.25, -0.2) is 0 Å². The topological polar surface area (TPSA) is 603 Å². The first-order valence-electron chi connectivity index (χ1n) is 26.6. The van der Waals surface area contributed by atoms with E-state index in [1.165, 1.54) is 0 Å². The fraction of sp³-hybridized carbons (Fsp3) is 0.957. The maximum atomic E-state index is 12.7. The number of carbonyl (C=O) groups excluding carboxylic acids is 2. The third-order valence-electron chi connectivity index (χ3n) is 15.3. The molecule has 23 N–H and O–H groups in total. The van der Waals surface area contributed by atoms with Gasteiger partial charge in [0.2, 0.25) is 11.8 Å². The molecule has 7 aliphatic heterocycles. The van der Waals surface area contributed by atoms with Crippen molar-refractivity contribution in [3.8, 4) is 0 Å². The fourth-order valence-electron chi connectivity index (χ4n) is 10.6. The van der Waals surface area contributed by atoms with Crippen molar-refractivity contribution in [3.05, 3.63) is 0 Å². The van der Waals surface area contributed by atoms with Gasteiger partial charge < -0.3 is 179 Å². The van der Waals surface area contributed by atoms with Gasteiger partial charge in [-0.05, 0) is 0 Å². The minimum Gasteiger partial charge on any atom is -0.394 e. The molecule has 0 bridgehead atoms. The number of aliphatic hydroxyl groups excluding tert-OH is 21. The Morgan fingerprint density at radius 2 is 0.643 bits per heavy atom. The third kappa shape index (κ3) is 14.9. The molecule has 7 rings (SSSR count). The van der Waals surface area contributed by atoms with Gasteiger partial charge in [-0.1, -0.05) is 0 Å². The highest BCUT2D eigenvalue weighted by atomic mass is 16.8. The van der Waals surface area contributed by atoms with Gasteiger partial charge in [0, 0.05) is 13.8 Å². The first kappa shape index (κ1) is 69.1. The molecule has 38 nitrogen and oxygen atoms in total. The lowest BCUT2D eigenvalue weighted by atomic mass is 9.94. The maximum absolute atomic E-state index is 12.7. The molecule has 7 heterocycles. The Labute approximate surface area is 475 Å². The molecule has 0 aromatic rings. The van der Waals surface area contributed by atoms with Gasteiger partial charge in [-0.15, -0.1) is 0 Å². The van der Waals surface area contributed by atoms with Crippen molar-refractivity contribution in [1.29, 1.82) is 0 Å². The van der Waals surface area contributed by atoms with Crippen LogP contribution in [0.4, 0.5) is 0 Å². The second-order valence-electron chi connectivity index (χ2n) is 21.1. The molecular formula is C46H78N2O36. The predicted octanol–water partition coefficient (Wildman–Crippen LogP) is -16.0.